The van der Waals surface area contributed by atoms with Crippen molar-refractivity contribution in [1.29, 1.82) is 0 Å². The highest BCUT2D eigenvalue weighted by Gasteiger charge is 2.30. The van der Waals surface area contributed by atoms with Crippen molar-refractivity contribution in [3.05, 3.63) is 63.1 Å². The van der Waals surface area contributed by atoms with E-state index >= 15 is 0 Å². The number of hydrogen-bond donors (Lipinski definition) is 1. The first-order valence-corrected chi connectivity index (χ1v) is 7.93. The van der Waals surface area contributed by atoms with Crippen molar-refractivity contribution in [3.63, 3.8) is 0 Å². The van der Waals surface area contributed by atoms with Gasteiger partial charge in [0.05, 0.1) is 10.6 Å². The lowest BCUT2D eigenvalue weighted by atomic mass is 10.1. The number of hydrogen-bond acceptors (Lipinski definition) is 2. The number of amides is 1. The Morgan fingerprint density at radius 1 is 1.21 bits per heavy atom. The number of carbonyl (C=O) groups is 1. The maximum atomic E-state index is 12.6. The minimum absolute atomic E-state index is 0.0276. The predicted molar refractivity (Wildman–Crippen MR) is 87.9 cm³/mol. The molecule has 1 amide bonds. The van der Waals surface area contributed by atoms with Gasteiger partial charge in [0.1, 0.15) is 5.75 Å². The third-order valence-corrected chi connectivity index (χ3v) is 3.79. The molecule has 0 radical (unpaired) electrons. The van der Waals surface area contributed by atoms with Crippen LogP contribution < -0.4 is 10.1 Å². The maximum absolute atomic E-state index is 12.6. The van der Waals surface area contributed by atoms with Gasteiger partial charge in [-0.2, -0.15) is 13.2 Å². The second-order valence-electron chi connectivity index (χ2n) is 4.84. The van der Waals surface area contributed by atoms with Gasteiger partial charge < -0.3 is 10.1 Å². The number of halogens is 5. The average Bonchev–Trinajstić information content (AvgIpc) is 2.51. The molecule has 0 aliphatic heterocycles. The molecule has 24 heavy (non-hydrogen) atoms. The van der Waals surface area contributed by atoms with E-state index in [4.69, 9.17) is 16.3 Å². The summed E-state index contributed by atoms with van der Waals surface area (Å²) in [4.78, 5) is 11.7. The lowest BCUT2D eigenvalue weighted by molar-refractivity contribution is -0.137. The lowest BCUT2D eigenvalue weighted by Crippen LogP contribution is -2.28. The summed E-state index contributed by atoms with van der Waals surface area (Å²) in [6, 6.07) is 9.70. The van der Waals surface area contributed by atoms with Gasteiger partial charge in [0, 0.05) is 11.0 Å². The largest absolute Gasteiger partial charge is 0.482 e. The smallest absolute Gasteiger partial charge is 0.416 e. The van der Waals surface area contributed by atoms with Gasteiger partial charge in [0.25, 0.3) is 5.91 Å². The van der Waals surface area contributed by atoms with Gasteiger partial charge in [-0.1, -0.05) is 39.7 Å². The highest BCUT2D eigenvalue weighted by Crippen LogP contribution is 2.29. The first-order chi connectivity index (χ1) is 11.3. The molecular weight excluding hydrogens is 411 g/mol. The van der Waals surface area contributed by atoms with Crippen LogP contribution in [0.3, 0.4) is 0 Å². The molecule has 0 saturated carbocycles. The Balaban J connectivity index is 1.87. The monoisotopic (exact) mass is 421 g/mol. The van der Waals surface area contributed by atoms with Crippen LogP contribution in [0.1, 0.15) is 11.1 Å². The molecule has 8 heteroatoms. The zero-order valence-corrected chi connectivity index (χ0v) is 14.5. The molecule has 0 aliphatic carbocycles. The van der Waals surface area contributed by atoms with Crippen molar-refractivity contribution in [2.75, 3.05) is 6.61 Å². The van der Waals surface area contributed by atoms with Crippen LogP contribution in [0.2, 0.25) is 5.02 Å². The molecule has 0 bridgehead atoms. The molecule has 2 aromatic rings. The summed E-state index contributed by atoms with van der Waals surface area (Å²) in [6.07, 6.45) is -4.42. The fourth-order valence-corrected chi connectivity index (χ4v) is 2.57. The molecule has 0 aromatic heterocycles. The van der Waals surface area contributed by atoms with E-state index in [9.17, 15) is 18.0 Å². The van der Waals surface area contributed by atoms with Crippen LogP contribution in [-0.4, -0.2) is 12.5 Å². The van der Waals surface area contributed by atoms with Gasteiger partial charge in [-0.3, -0.25) is 4.79 Å². The molecule has 3 nitrogen and oxygen atoms in total. The van der Waals surface area contributed by atoms with Crippen molar-refractivity contribution in [2.45, 2.75) is 12.7 Å². The minimum Gasteiger partial charge on any atom is -0.482 e. The summed E-state index contributed by atoms with van der Waals surface area (Å²) < 4.78 is 43.9. The zero-order chi connectivity index (χ0) is 17.7. The molecule has 0 aliphatic rings. The van der Waals surface area contributed by atoms with E-state index in [2.05, 4.69) is 21.2 Å². The Morgan fingerprint density at radius 2 is 1.96 bits per heavy atom. The van der Waals surface area contributed by atoms with Gasteiger partial charge in [-0.05, 0) is 35.9 Å². The molecule has 0 atom stereocenters. The van der Waals surface area contributed by atoms with Crippen molar-refractivity contribution in [2.24, 2.45) is 0 Å². The Morgan fingerprint density at radius 3 is 2.62 bits per heavy atom. The molecule has 1 N–H and O–H groups in total. The van der Waals surface area contributed by atoms with Crippen LogP contribution in [0.5, 0.6) is 5.75 Å². The van der Waals surface area contributed by atoms with Crippen LogP contribution in [0.25, 0.3) is 0 Å². The Kier molecular flexibility index (Phi) is 6.12. The van der Waals surface area contributed by atoms with Crippen LogP contribution in [-0.2, 0) is 17.5 Å². The first-order valence-electron chi connectivity index (χ1n) is 6.76. The van der Waals surface area contributed by atoms with Crippen molar-refractivity contribution >= 4 is 33.4 Å². The zero-order valence-electron chi connectivity index (χ0n) is 12.2. The van der Waals surface area contributed by atoms with Crippen molar-refractivity contribution in [1.82, 2.24) is 5.32 Å². The molecule has 128 valence electrons. The van der Waals surface area contributed by atoms with E-state index in [1.165, 1.54) is 12.1 Å². The quantitative estimate of drug-likeness (QED) is 0.750. The summed E-state index contributed by atoms with van der Waals surface area (Å²) in [5, 5.41) is 2.84. The van der Waals surface area contributed by atoms with Gasteiger partial charge in [-0.15, -0.1) is 0 Å². The van der Waals surface area contributed by atoms with Gasteiger partial charge in [0.15, 0.2) is 6.61 Å². The number of rotatable bonds is 5. The molecule has 0 fully saturated rings. The second-order valence-corrected chi connectivity index (χ2v) is 6.16. The van der Waals surface area contributed by atoms with E-state index in [1.54, 1.807) is 18.2 Å². The maximum Gasteiger partial charge on any atom is 0.416 e. The number of nitrogens with one attached hydrogen (secondary N) is 1. The van der Waals surface area contributed by atoms with E-state index in [0.29, 0.717) is 16.3 Å². The summed E-state index contributed by atoms with van der Waals surface area (Å²) in [5.74, 6) is -0.125. The Labute approximate surface area is 149 Å². The van der Waals surface area contributed by atoms with Crippen LogP contribution >= 0.6 is 27.5 Å². The average molecular weight is 423 g/mol. The van der Waals surface area contributed by atoms with E-state index < -0.39 is 17.6 Å². The number of ether oxygens (including phenoxy) is 1. The van der Waals surface area contributed by atoms with Crippen LogP contribution in [0.4, 0.5) is 13.2 Å². The Hall–Kier alpha value is -1.73. The summed E-state index contributed by atoms with van der Waals surface area (Å²) >= 11 is 9.20. The third kappa shape index (κ3) is 5.42. The molecule has 0 spiro atoms. The minimum atomic E-state index is -4.42. The highest BCUT2D eigenvalue weighted by molar-refractivity contribution is 9.10. The molecule has 0 saturated heterocycles. The van der Waals surface area contributed by atoms with Gasteiger partial charge in [-0.25, -0.2) is 0 Å². The fraction of sp³-hybridized carbons (Fsp3) is 0.188. The van der Waals surface area contributed by atoms with Gasteiger partial charge in [0.2, 0.25) is 0 Å². The number of alkyl halides is 3. The normalized spacial score (nSPS) is 11.2. The third-order valence-electron chi connectivity index (χ3n) is 3.00. The number of benzene rings is 2. The molecule has 2 rings (SSSR count). The van der Waals surface area contributed by atoms with E-state index in [1.807, 2.05) is 0 Å². The standard InChI is InChI=1S/C16H12BrClF3NO2/c17-12-4-5-14(13(18)7-12)24-9-15(23)22-8-10-2-1-3-11(6-10)16(19,20)21/h1-7H,8-9H2,(H,22,23). The molecule has 0 heterocycles. The van der Waals surface area contributed by atoms with E-state index in [-0.39, 0.29) is 13.2 Å². The fourth-order valence-electron chi connectivity index (χ4n) is 1.84. The van der Waals surface area contributed by atoms with Gasteiger partial charge >= 0.3 is 6.18 Å². The summed E-state index contributed by atoms with van der Waals surface area (Å²) in [5.41, 5.74) is -0.410. The Bertz CT molecular complexity index is 738. The highest BCUT2D eigenvalue weighted by atomic mass is 79.9. The SMILES string of the molecule is O=C(COc1ccc(Br)cc1Cl)NCc1cccc(C(F)(F)F)c1. The topological polar surface area (TPSA) is 38.3 Å². The lowest BCUT2D eigenvalue weighted by Gasteiger charge is -2.11. The van der Waals surface area contributed by atoms with Crippen molar-refractivity contribution < 1.29 is 22.7 Å². The first kappa shape index (κ1) is 18.6. The predicted octanol–water partition coefficient (Wildman–Crippen LogP) is 4.82. The number of carbonyl (C=O) groups excluding carboxylic acids is 1. The van der Waals surface area contributed by atoms with Crippen LogP contribution in [0.15, 0.2) is 46.9 Å². The molecular formula is C16H12BrClF3NO2. The van der Waals surface area contributed by atoms with E-state index in [0.717, 1.165) is 16.6 Å². The van der Waals surface area contributed by atoms with Crippen LogP contribution in [0, 0.1) is 0 Å². The van der Waals surface area contributed by atoms with Crippen molar-refractivity contribution in [3.8, 4) is 5.75 Å². The molecule has 0 unspecified atom stereocenters. The molecule has 2 aromatic carbocycles. The second kappa shape index (κ2) is 7.90. The summed E-state index contributed by atoms with van der Waals surface area (Å²) in [7, 11) is 0. The summed E-state index contributed by atoms with van der Waals surface area (Å²) in [6.45, 7) is -0.319.